The molecule has 4 heteroatoms. The standard InChI is InChI=1S/C13H19NO3/c1-10-12(6-9-17-10)13(16)14(7-3-8-15)11-4-2-5-11/h6,9,11,15H,2-5,7-8H2,1H3. The molecule has 0 aromatic carbocycles. The van der Waals surface area contributed by atoms with Crippen molar-refractivity contribution in [3.8, 4) is 0 Å². The van der Waals surface area contributed by atoms with Crippen LogP contribution in [-0.2, 0) is 0 Å². The second-order valence-electron chi connectivity index (χ2n) is 4.55. The van der Waals surface area contributed by atoms with Crippen molar-refractivity contribution in [3.05, 3.63) is 23.7 Å². The van der Waals surface area contributed by atoms with Gasteiger partial charge in [0, 0.05) is 19.2 Å². The van der Waals surface area contributed by atoms with Crippen LogP contribution in [0.4, 0.5) is 0 Å². The molecule has 0 unspecified atom stereocenters. The lowest BCUT2D eigenvalue weighted by molar-refractivity contribution is 0.0561. The molecule has 0 saturated heterocycles. The Bertz CT molecular complexity index is 382. The van der Waals surface area contributed by atoms with Gasteiger partial charge in [0.15, 0.2) is 0 Å². The third kappa shape index (κ3) is 2.52. The van der Waals surface area contributed by atoms with E-state index in [2.05, 4.69) is 0 Å². The van der Waals surface area contributed by atoms with Gasteiger partial charge in [-0.15, -0.1) is 0 Å². The highest BCUT2D eigenvalue weighted by Crippen LogP contribution is 2.27. The molecule has 0 aliphatic heterocycles. The summed E-state index contributed by atoms with van der Waals surface area (Å²) >= 11 is 0. The van der Waals surface area contributed by atoms with Crippen LogP contribution in [-0.4, -0.2) is 35.1 Å². The van der Waals surface area contributed by atoms with Gasteiger partial charge in [-0.05, 0) is 38.7 Å². The molecule has 0 radical (unpaired) electrons. The lowest BCUT2D eigenvalue weighted by atomic mass is 9.91. The van der Waals surface area contributed by atoms with Crippen LogP contribution in [0, 0.1) is 6.92 Å². The Labute approximate surface area is 101 Å². The first-order valence-electron chi connectivity index (χ1n) is 6.20. The molecule has 4 nitrogen and oxygen atoms in total. The Kier molecular flexibility index (Phi) is 3.84. The fraction of sp³-hybridized carbons (Fsp3) is 0.615. The number of furan rings is 1. The summed E-state index contributed by atoms with van der Waals surface area (Å²) in [4.78, 5) is 14.2. The monoisotopic (exact) mass is 237 g/mol. The minimum absolute atomic E-state index is 0.0365. The van der Waals surface area contributed by atoms with Crippen molar-refractivity contribution >= 4 is 5.91 Å². The van der Waals surface area contributed by atoms with Crippen LogP contribution < -0.4 is 0 Å². The maximum absolute atomic E-state index is 12.4. The smallest absolute Gasteiger partial charge is 0.257 e. The first-order chi connectivity index (χ1) is 8.24. The maximum atomic E-state index is 12.4. The minimum Gasteiger partial charge on any atom is -0.469 e. The molecule has 1 aliphatic carbocycles. The van der Waals surface area contributed by atoms with Gasteiger partial charge in [0.05, 0.1) is 11.8 Å². The zero-order chi connectivity index (χ0) is 12.3. The predicted molar refractivity (Wildman–Crippen MR) is 63.8 cm³/mol. The molecule has 17 heavy (non-hydrogen) atoms. The zero-order valence-corrected chi connectivity index (χ0v) is 10.2. The number of amides is 1. The van der Waals surface area contributed by atoms with Crippen molar-refractivity contribution < 1.29 is 14.3 Å². The first-order valence-corrected chi connectivity index (χ1v) is 6.20. The second kappa shape index (κ2) is 5.36. The number of rotatable bonds is 5. The summed E-state index contributed by atoms with van der Waals surface area (Å²) < 4.78 is 5.17. The van der Waals surface area contributed by atoms with Crippen LogP contribution in [0.15, 0.2) is 16.7 Å². The molecule has 1 N–H and O–H groups in total. The third-order valence-corrected chi connectivity index (χ3v) is 3.42. The molecule has 1 fully saturated rings. The largest absolute Gasteiger partial charge is 0.469 e. The van der Waals surface area contributed by atoms with E-state index in [9.17, 15) is 4.79 Å². The van der Waals surface area contributed by atoms with E-state index in [-0.39, 0.29) is 12.5 Å². The van der Waals surface area contributed by atoms with Gasteiger partial charge in [-0.3, -0.25) is 4.79 Å². The summed E-state index contributed by atoms with van der Waals surface area (Å²) in [6.45, 7) is 2.56. The zero-order valence-electron chi connectivity index (χ0n) is 10.2. The number of carbonyl (C=O) groups excluding carboxylic acids is 1. The van der Waals surface area contributed by atoms with Crippen molar-refractivity contribution in [3.63, 3.8) is 0 Å². The van der Waals surface area contributed by atoms with E-state index < -0.39 is 0 Å². The van der Waals surface area contributed by atoms with Crippen LogP contribution in [0.1, 0.15) is 41.8 Å². The van der Waals surface area contributed by atoms with E-state index in [1.807, 2.05) is 4.90 Å². The van der Waals surface area contributed by atoms with Crippen molar-refractivity contribution in [1.82, 2.24) is 4.90 Å². The van der Waals surface area contributed by atoms with E-state index in [4.69, 9.17) is 9.52 Å². The molecular weight excluding hydrogens is 218 g/mol. The van der Waals surface area contributed by atoms with Crippen molar-refractivity contribution in [2.45, 2.75) is 38.6 Å². The molecule has 2 rings (SSSR count). The van der Waals surface area contributed by atoms with Gasteiger partial charge >= 0.3 is 0 Å². The predicted octanol–water partition coefficient (Wildman–Crippen LogP) is 1.97. The van der Waals surface area contributed by atoms with Gasteiger partial charge in [-0.2, -0.15) is 0 Å². The summed E-state index contributed by atoms with van der Waals surface area (Å²) in [7, 11) is 0. The van der Waals surface area contributed by atoms with Crippen molar-refractivity contribution in [2.75, 3.05) is 13.2 Å². The van der Waals surface area contributed by atoms with Crippen LogP contribution in [0.2, 0.25) is 0 Å². The van der Waals surface area contributed by atoms with Gasteiger partial charge in [-0.25, -0.2) is 0 Å². The van der Waals surface area contributed by atoms with Gasteiger partial charge in [0.1, 0.15) is 5.76 Å². The summed E-state index contributed by atoms with van der Waals surface area (Å²) in [5, 5.41) is 8.90. The number of carbonyl (C=O) groups is 1. The van der Waals surface area contributed by atoms with Crippen LogP contribution in [0.3, 0.4) is 0 Å². The van der Waals surface area contributed by atoms with Gasteiger partial charge in [0.2, 0.25) is 0 Å². The van der Waals surface area contributed by atoms with E-state index in [1.165, 1.54) is 6.42 Å². The highest BCUT2D eigenvalue weighted by atomic mass is 16.3. The minimum atomic E-state index is 0.0365. The molecule has 0 spiro atoms. The molecule has 1 saturated carbocycles. The molecular formula is C13H19NO3. The second-order valence-corrected chi connectivity index (χ2v) is 4.55. The first kappa shape index (κ1) is 12.2. The Morgan fingerprint density at radius 1 is 1.59 bits per heavy atom. The fourth-order valence-corrected chi connectivity index (χ4v) is 2.15. The quantitative estimate of drug-likeness (QED) is 0.851. The Hall–Kier alpha value is -1.29. The van der Waals surface area contributed by atoms with Gasteiger partial charge in [0.25, 0.3) is 5.91 Å². The average molecular weight is 237 g/mol. The van der Waals surface area contributed by atoms with Crippen LogP contribution >= 0.6 is 0 Å². The molecule has 1 aromatic heterocycles. The molecule has 94 valence electrons. The molecule has 1 heterocycles. The fourth-order valence-electron chi connectivity index (χ4n) is 2.15. The number of aliphatic hydroxyl groups is 1. The molecule has 0 atom stereocenters. The summed E-state index contributed by atoms with van der Waals surface area (Å²) in [5.74, 6) is 0.706. The number of hydrogen-bond donors (Lipinski definition) is 1. The molecule has 1 amide bonds. The van der Waals surface area contributed by atoms with E-state index in [0.717, 1.165) is 12.8 Å². The van der Waals surface area contributed by atoms with E-state index in [1.54, 1.807) is 19.3 Å². The molecule has 1 aromatic rings. The lowest BCUT2D eigenvalue weighted by Gasteiger charge is -2.37. The summed E-state index contributed by atoms with van der Waals surface area (Å²) in [6.07, 6.45) is 5.53. The van der Waals surface area contributed by atoms with Crippen molar-refractivity contribution in [1.29, 1.82) is 0 Å². The van der Waals surface area contributed by atoms with Crippen LogP contribution in [0.5, 0.6) is 0 Å². The SMILES string of the molecule is Cc1occc1C(=O)N(CCCO)C1CCC1. The summed E-state index contributed by atoms with van der Waals surface area (Å²) in [6, 6.07) is 2.07. The Balaban J connectivity index is 2.09. The Morgan fingerprint density at radius 3 is 2.82 bits per heavy atom. The topological polar surface area (TPSA) is 53.7 Å². The normalized spacial score (nSPS) is 15.6. The Morgan fingerprint density at radius 2 is 2.35 bits per heavy atom. The van der Waals surface area contributed by atoms with Crippen molar-refractivity contribution in [2.24, 2.45) is 0 Å². The number of hydrogen-bond acceptors (Lipinski definition) is 3. The van der Waals surface area contributed by atoms with E-state index >= 15 is 0 Å². The molecule has 0 bridgehead atoms. The highest BCUT2D eigenvalue weighted by molar-refractivity contribution is 5.95. The van der Waals surface area contributed by atoms with Gasteiger partial charge in [-0.1, -0.05) is 0 Å². The average Bonchev–Trinajstić information content (AvgIpc) is 2.67. The number of nitrogens with zero attached hydrogens (tertiary/aromatic N) is 1. The van der Waals surface area contributed by atoms with Gasteiger partial charge < -0.3 is 14.4 Å². The van der Waals surface area contributed by atoms with E-state index in [0.29, 0.717) is 30.3 Å². The number of aryl methyl sites for hydroxylation is 1. The number of aliphatic hydroxyl groups excluding tert-OH is 1. The summed E-state index contributed by atoms with van der Waals surface area (Å²) in [5.41, 5.74) is 0.648. The third-order valence-electron chi connectivity index (χ3n) is 3.42. The molecule has 1 aliphatic rings. The van der Waals surface area contributed by atoms with Crippen LogP contribution in [0.25, 0.3) is 0 Å². The maximum Gasteiger partial charge on any atom is 0.257 e. The highest BCUT2D eigenvalue weighted by Gasteiger charge is 2.30. The lowest BCUT2D eigenvalue weighted by Crippen LogP contribution is -2.45.